The van der Waals surface area contributed by atoms with Crippen LogP contribution in [0, 0.1) is 12.8 Å². The van der Waals surface area contributed by atoms with Crippen molar-refractivity contribution in [3.63, 3.8) is 0 Å². The van der Waals surface area contributed by atoms with Gasteiger partial charge in [0.15, 0.2) is 11.6 Å². The predicted molar refractivity (Wildman–Crippen MR) is 123 cm³/mol. The largest absolute Gasteiger partial charge is 0.466 e. The van der Waals surface area contributed by atoms with Gasteiger partial charge in [-0.05, 0) is 51.0 Å². The Kier molecular flexibility index (Phi) is 6.27. The van der Waals surface area contributed by atoms with Crippen molar-refractivity contribution in [2.45, 2.75) is 31.6 Å². The number of nitrogens with zero attached hydrogens (tertiary/aromatic N) is 3. The van der Waals surface area contributed by atoms with Gasteiger partial charge in [-0.2, -0.15) is 0 Å². The summed E-state index contributed by atoms with van der Waals surface area (Å²) in [4.78, 5) is 23.7. The summed E-state index contributed by atoms with van der Waals surface area (Å²) in [6.45, 7) is 5.04. The average molecular weight is 455 g/mol. The Bertz CT molecular complexity index is 1230. The Morgan fingerprint density at radius 3 is 2.50 bits per heavy atom. The van der Waals surface area contributed by atoms with Crippen LogP contribution in [-0.4, -0.2) is 44.1 Å². The minimum Gasteiger partial charge on any atom is -0.466 e. The summed E-state index contributed by atoms with van der Waals surface area (Å²) in [6.07, 6.45) is 1.49. The number of sulfonamides is 1. The first-order chi connectivity index (χ1) is 15.4. The van der Waals surface area contributed by atoms with Gasteiger partial charge in [0, 0.05) is 13.1 Å². The van der Waals surface area contributed by atoms with E-state index in [4.69, 9.17) is 9.72 Å². The molecule has 8 nitrogen and oxygen atoms in total. The summed E-state index contributed by atoms with van der Waals surface area (Å²) in [5.74, 6) is 0.0217. The number of esters is 1. The first-order valence-electron chi connectivity index (χ1n) is 10.6. The van der Waals surface area contributed by atoms with Gasteiger partial charge in [0.2, 0.25) is 0 Å². The number of hydrogen-bond donors (Lipinski definition) is 1. The molecule has 1 aliphatic rings. The summed E-state index contributed by atoms with van der Waals surface area (Å²) < 4.78 is 34.0. The van der Waals surface area contributed by atoms with Gasteiger partial charge in [0.05, 0.1) is 28.5 Å². The lowest BCUT2D eigenvalue weighted by molar-refractivity contribution is -0.148. The number of rotatable bonds is 6. The number of aromatic nitrogens is 2. The molecule has 9 heteroatoms. The lowest BCUT2D eigenvalue weighted by Gasteiger charge is -2.33. The molecule has 1 aromatic heterocycles. The molecule has 0 spiro atoms. The average Bonchev–Trinajstić information content (AvgIpc) is 2.79. The monoisotopic (exact) mass is 454 g/mol. The molecule has 0 amide bonds. The zero-order valence-corrected chi connectivity index (χ0v) is 18.9. The number of ether oxygens (including phenoxy) is 1. The molecule has 1 aliphatic heterocycles. The van der Waals surface area contributed by atoms with Crippen molar-refractivity contribution in [3.8, 4) is 0 Å². The van der Waals surface area contributed by atoms with E-state index in [1.165, 1.54) is 0 Å². The summed E-state index contributed by atoms with van der Waals surface area (Å²) in [5.41, 5.74) is 2.20. The van der Waals surface area contributed by atoms with Crippen LogP contribution < -0.4 is 9.62 Å². The second kappa shape index (κ2) is 9.12. The standard InChI is InChI=1S/C23H26N4O4S/c1-3-31-23(28)17-7-6-14-27(15-17)22-21(24-19-8-4-5-9-20(19)25-22)26-32(29,30)18-12-10-16(2)11-13-18/h4-5,8-13,17H,3,6-7,14-15H2,1-2H3,(H,24,26)/t17-/m0/s1. The van der Waals surface area contributed by atoms with E-state index >= 15 is 0 Å². The van der Waals surface area contributed by atoms with Crippen molar-refractivity contribution in [1.82, 2.24) is 9.97 Å². The molecule has 168 valence electrons. The molecule has 0 unspecified atom stereocenters. The number of nitrogens with one attached hydrogen (secondary N) is 1. The number of piperidine rings is 1. The highest BCUT2D eigenvalue weighted by atomic mass is 32.2. The molecule has 1 atom stereocenters. The quantitative estimate of drug-likeness (QED) is 0.569. The van der Waals surface area contributed by atoms with E-state index in [1.807, 2.05) is 30.0 Å². The molecular formula is C23H26N4O4S. The fourth-order valence-electron chi connectivity index (χ4n) is 3.81. The van der Waals surface area contributed by atoms with Crippen molar-refractivity contribution < 1.29 is 17.9 Å². The molecule has 0 radical (unpaired) electrons. The molecule has 1 saturated heterocycles. The SMILES string of the molecule is CCOC(=O)[C@H]1CCCN(c2nc3ccccc3nc2NS(=O)(=O)c2ccc(C)cc2)C1. The Morgan fingerprint density at radius 1 is 1.12 bits per heavy atom. The van der Waals surface area contributed by atoms with E-state index in [0.29, 0.717) is 36.5 Å². The smallest absolute Gasteiger partial charge is 0.310 e. The van der Waals surface area contributed by atoms with E-state index < -0.39 is 10.0 Å². The van der Waals surface area contributed by atoms with Crippen LogP contribution in [0.15, 0.2) is 53.4 Å². The third-order valence-electron chi connectivity index (χ3n) is 5.46. The summed E-state index contributed by atoms with van der Waals surface area (Å²) in [5, 5.41) is 0. The highest BCUT2D eigenvalue weighted by molar-refractivity contribution is 7.92. The molecular weight excluding hydrogens is 428 g/mol. The van der Waals surface area contributed by atoms with Crippen LogP contribution >= 0.6 is 0 Å². The zero-order chi connectivity index (χ0) is 22.7. The topological polar surface area (TPSA) is 101 Å². The van der Waals surface area contributed by atoms with E-state index in [9.17, 15) is 13.2 Å². The Hall–Kier alpha value is -3.20. The van der Waals surface area contributed by atoms with Crippen LogP contribution in [0.5, 0.6) is 0 Å². The van der Waals surface area contributed by atoms with Crippen LogP contribution in [0.2, 0.25) is 0 Å². The number of anilines is 2. The normalized spacial score (nSPS) is 16.7. The van der Waals surface area contributed by atoms with Gasteiger partial charge >= 0.3 is 5.97 Å². The van der Waals surface area contributed by atoms with Crippen LogP contribution in [0.3, 0.4) is 0 Å². The van der Waals surface area contributed by atoms with Gasteiger partial charge in [0.25, 0.3) is 10.0 Å². The third-order valence-corrected chi connectivity index (χ3v) is 6.81. The molecule has 4 rings (SSSR count). The van der Waals surface area contributed by atoms with Gasteiger partial charge < -0.3 is 9.64 Å². The Balaban J connectivity index is 1.72. The summed E-state index contributed by atoms with van der Waals surface area (Å²) >= 11 is 0. The molecule has 2 heterocycles. The molecule has 2 aromatic carbocycles. The highest BCUT2D eigenvalue weighted by Crippen LogP contribution is 2.31. The van der Waals surface area contributed by atoms with E-state index in [2.05, 4.69) is 9.71 Å². The first kappa shape index (κ1) is 22.0. The molecule has 1 fully saturated rings. The van der Waals surface area contributed by atoms with Crippen LogP contribution in [0.4, 0.5) is 11.6 Å². The molecule has 0 saturated carbocycles. The van der Waals surface area contributed by atoms with Crippen LogP contribution in [0.1, 0.15) is 25.3 Å². The second-order valence-corrected chi connectivity index (χ2v) is 9.52. The number of benzene rings is 2. The van der Waals surface area contributed by atoms with Gasteiger partial charge in [-0.1, -0.05) is 29.8 Å². The van der Waals surface area contributed by atoms with Gasteiger partial charge in [-0.3, -0.25) is 9.52 Å². The van der Waals surface area contributed by atoms with E-state index in [1.54, 1.807) is 37.3 Å². The maximum absolute atomic E-state index is 13.1. The first-order valence-corrected chi connectivity index (χ1v) is 12.1. The van der Waals surface area contributed by atoms with Gasteiger partial charge in [-0.25, -0.2) is 18.4 Å². The van der Waals surface area contributed by atoms with Crippen molar-refractivity contribution in [3.05, 3.63) is 54.1 Å². The Morgan fingerprint density at radius 2 is 1.81 bits per heavy atom. The lowest BCUT2D eigenvalue weighted by atomic mass is 9.98. The number of aryl methyl sites for hydroxylation is 1. The molecule has 3 aromatic rings. The molecule has 0 bridgehead atoms. The van der Waals surface area contributed by atoms with Crippen molar-refractivity contribution >= 4 is 38.7 Å². The zero-order valence-electron chi connectivity index (χ0n) is 18.1. The number of carbonyl (C=O) groups excluding carboxylic acids is 1. The lowest BCUT2D eigenvalue weighted by Crippen LogP contribution is -2.40. The van der Waals surface area contributed by atoms with Crippen LogP contribution in [-0.2, 0) is 19.6 Å². The van der Waals surface area contributed by atoms with E-state index in [-0.39, 0.29) is 22.6 Å². The van der Waals surface area contributed by atoms with E-state index in [0.717, 1.165) is 18.4 Å². The maximum atomic E-state index is 13.1. The minimum absolute atomic E-state index is 0.145. The number of para-hydroxylation sites is 2. The molecule has 32 heavy (non-hydrogen) atoms. The van der Waals surface area contributed by atoms with Crippen molar-refractivity contribution in [2.24, 2.45) is 5.92 Å². The summed E-state index contributed by atoms with van der Waals surface area (Å²) in [6, 6.07) is 13.9. The highest BCUT2D eigenvalue weighted by Gasteiger charge is 2.30. The third kappa shape index (κ3) is 4.67. The minimum atomic E-state index is -3.87. The molecule has 1 N–H and O–H groups in total. The maximum Gasteiger partial charge on any atom is 0.310 e. The Labute approximate surface area is 187 Å². The van der Waals surface area contributed by atoms with Gasteiger partial charge in [-0.15, -0.1) is 0 Å². The van der Waals surface area contributed by atoms with Crippen LogP contribution in [0.25, 0.3) is 11.0 Å². The fraction of sp³-hybridized carbons (Fsp3) is 0.348. The van der Waals surface area contributed by atoms with Crippen molar-refractivity contribution in [2.75, 3.05) is 29.3 Å². The number of hydrogen-bond acceptors (Lipinski definition) is 7. The van der Waals surface area contributed by atoms with Gasteiger partial charge in [0.1, 0.15) is 0 Å². The number of fused-ring (bicyclic) bond motifs is 1. The van der Waals surface area contributed by atoms with Crippen molar-refractivity contribution in [1.29, 1.82) is 0 Å². The predicted octanol–water partition coefficient (Wildman–Crippen LogP) is 3.52. The number of carbonyl (C=O) groups is 1. The summed E-state index contributed by atoms with van der Waals surface area (Å²) in [7, 11) is -3.87. The molecule has 0 aliphatic carbocycles. The second-order valence-electron chi connectivity index (χ2n) is 7.84. The fourth-order valence-corrected chi connectivity index (χ4v) is 4.81.